The molecule has 8 heteroatoms. The molecule has 1 saturated heterocycles. The van der Waals surface area contributed by atoms with Crippen LogP contribution in [0.5, 0.6) is 11.5 Å². The van der Waals surface area contributed by atoms with E-state index in [9.17, 15) is 4.39 Å². The maximum absolute atomic E-state index is 14.3. The van der Waals surface area contributed by atoms with Gasteiger partial charge in [-0.15, -0.1) is 0 Å². The molecule has 0 bridgehead atoms. The smallest absolute Gasteiger partial charge is 0.163 e. The lowest BCUT2D eigenvalue weighted by Crippen LogP contribution is -2.40. The number of fused-ring (bicyclic) bond motifs is 1. The van der Waals surface area contributed by atoms with Crippen LogP contribution < -0.4 is 14.8 Å². The normalized spacial score (nSPS) is 17.1. The summed E-state index contributed by atoms with van der Waals surface area (Å²) in [6.07, 6.45) is 5.04. The summed E-state index contributed by atoms with van der Waals surface area (Å²) in [5.74, 6) is 1.36. The molecule has 158 valence electrons. The Morgan fingerprint density at radius 2 is 2.07 bits per heavy atom. The van der Waals surface area contributed by atoms with E-state index in [0.29, 0.717) is 45.6 Å². The van der Waals surface area contributed by atoms with Gasteiger partial charge < -0.3 is 19.7 Å². The van der Waals surface area contributed by atoms with Crippen molar-refractivity contribution in [3.63, 3.8) is 0 Å². The van der Waals surface area contributed by atoms with Crippen molar-refractivity contribution in [2.24, 2.45) is 0 Å². The van der Waals surface area contributed by atoms with Crippen LogP contribution in [0.25, 0.3) is 10.9 Å². The number of benzene rings is 2. The van der Waals surface area contributed by atoms with Crippen LogP contribution in [-0.2, 0) is 0 Å². The first-order valence-corrected chi connectivity index (χ1v) is 10.7. The molecule has 1 N–H and O–H groups in total. The Morgan fingerprint density at radius 3 is 2.83 bits per heavy atom. The van der Waals surface area contributed by atoms with E-state index in [1.165, 1.54) is 25.2 Å². The van der Waals surface area contributed by atoms with E-state index in [2.05, 4.69) is 43.2 Å². The summed E-state index contributed by atoms with van der Waals surface area (Å²) in [6.45, 7) is 1.69. The molecule has 4 rings (SSSR count). The number of halogens is 2. The molecule has 2 aromatic carbocycles. The highest BCUT2D eigenvalue weighted by Crippen LogP contribution is 2.35. The van der Waals surface area contributed by atoms with Crippen molar-refractivity contribution in [1.29, 1.82) is 0 Å². The van der Waals surface area contributed by atoms with Crippen LogP contribution in [0.2, 0.25) is 0 Å². The first-order valence-electron chi connectivity index (χ1n) is 9.93. The molecule has 1 aromatic heterocycles. The van der Waals surface area contributed by atoms with Gasteiger partial charge in [-0.05, 0) is 50.7 Å². The molecule has 2 heterocycles. The van der Waals surface area contributed by atoms with Crippen molar-refractivity contribution in [2.45, 2.75) is 25.3 Å². The lowest BCUT2D eigenvalue weighted by atomic mass is 10.0. The van der Waals surface area contributed by atoms with Crippen molar-refractivity contribution in [3.05, 3.63) is 46.9 Å². The quantitative estimate of drug-likeness (QED) is 0.533. The second kappa shape index (κ2) is 9.14. The molecular formula is C22H24BrFN4O2. The second-order valence-electron chi connectivity index (χ2n) is 7.43. The fourth-order valence-electron chi connectivity index (χ4n) is 3.70. The average molecular weight is 475 g/mol. The number of rotatable bonds is 6. The maximum atomic E-state index is 14.3. The van der Waals surface area contributed by atoms with Crippen LogP contribution >= 0.6 is 15.9 Å². The van der Waals surface area contributed by atoms with Gasteiger partial charge in [-0.25, -0.2) is 14.4 Å². The van der Waals surface area contributed by atoms with E-state index in [1.54, 1.807) is 19.2 Å². The third-order valence-corrected chi connectivity index (χ3v) is 5.95. The Hall–Kier alpha value is -2.45. The Kier molecular flexibility index (Phi) is 6.34. The molecule has 1 aliphatic rings. The molecule has 6 nitrogen and oxygen atoms in total. The summed E-state index contributed by atoms with van der Waals surface area (Å²) in [5.41, 5.74) is 1.02. The Morgan fingerprint density at radius 1 is 1.20 bits per heavy atom. The number of hydrogen-bond donors (Lipinski definition) is 1. The van der Waals surface area contributed by atoms with E-state index in [-0.39, 0.29) is 5.82 Å². The minimum absolute atomic E-state index is 0.331. The van der Waals surface area contributed by atoms with Crippen LogP contribution in [0.4, 0.5) is 15.9 Å². The molecule has 1 atom stereocenters. The minimum atomic E-state index is -0.375. The minimum Gasteiger partial charge on any atom is -0.493 e. The van der Waals surface area contributed by atoms with Crippen LogP contribution in [-0.4, -0.2) is 48.2 Å². The first-order chi connectivity index (χ1) is 14.5. The number of ether oxygens (including phenoxy) is 2. The molecule has 0 saturated carbocycles. The highest BCUT2D eigenvalue weighted by Gasteiger charge is 2.20. The largest absolute Gasteiger partial charge is 0.493 e. The van der Waals surface area contributed by atoms with E-state index >= 15 is 0 Å². The van der Waals surface area contributed by atoms with Crippen molar-refractivity contribution in [3.8, 4) is 11.5 Å². The molecule has 1 aliphatic heterocycles. The number of anilines is 2. The van der Waals surface area contributed by atoms with Crippen LogP contribution in [0, 0.1) is 5.82 Å². The maximum Gasteiger partial charge on any atom is 0.163 e. The van der Waals surface area contributed by atoms with Gasteiger partial charge in [0.05, 0.1) is 18.3 Å². The Bertz CT molecular complexity index is 1050. The van der Waals surface area contributed by atoms with Crippen molar-refractivity contribution >= 4 is 38.3 Å². The standard InChI is InChI=1S/C22H24BrFN4O2/c1-28-8-4-3-5-15(28)12-30-21-11-19-16(10-20(21)29-2)22(26-13-25-19)27-18-7-6-14(23)9-17(18)24/h6-7,9-11,13,15H,3-5,8,12H2,1-2H3,(H,25,26,27). The van der Waals surface area contributed by atoms with Crippen molar-refractivity contribution < 1.29 is 13.9 Å². The summed E-state index contributed by atoms with van der Waals surface area (Å²) >= 11 is 3.27. The third kappa shape index (κ3) is 4.49. The Balaban J connectivity index is 1.61. The summed E-state index contributed by atoms with van der Waals surface area (Å²) in [6, 6.07) is 8.89. The fraction of sp³-hybridized carbons (Fsp3) is 0.364. The van der Waals surface area contributed by atoms with Gasteiger partial charge in [0.2, 0.25) is 0 Å². The lowest BCUT2D eigenvalue weighted by Gasteiger charge is -2.32. The number of likely N-dealkylation sites (tertiary alicyclic amines) is 1. The Labute approximate surface area is 183 Å². The van der Waals surface area contributed by atoms with Gasteiger partial charge in [0.25, 0.3) is 0 Å². The van der Waals surface area contributed by atoms with Crippen molar-refractivity contribution in [2.75, 3.05) is 32.6 Å². The van der Waals surface area contributed by atoms with Crippen LogP contribution in [0.15, 0.2) is 41.1 Å². The number of likely N-dealkylation sites (N-methyl/N-ethyl adjacent to an activating group) is 1. The zero-order valence-corrected chi connectivity index (χ0v) is 18.6. The number of hydrogen-bond acceptors (Lipinski definition) is 6. The van der Waals surface area contributed by atoms with E-state index in [0.717, 1.165) is 18.4 Å². The highest BCUT2D eigenvalue weighted by atomic mass is 79.9. The second-order valence-corrected chi connectivity index (χ2v) is 8.35. The number of nitrogens with one attached hydrogen (secondary N) is 1. The van der Waals surface area contributed by atoms with E-state index in [1.807, 2.05) is 12.1 Å². The zero-order chi connectivity index (χ0) is 21.1. The summed E-state index contributed by atoms with van der Waals surface area (Å²) in [4.78, 5) is 11.0. The monoisotopic (exact) mass is 474 g/mol. The van der Waals surface area contributed by atoms with Crippen LogP contribution in [0.1, 0.15) is 19.3 Å². The SMILES string of the molecule is COc1cc2c(Nc3ccc(Br)cc3F)ncnc2cc1OCC1CCCCN1C. The average Bonchev–Trinajstić information content (AvgIpc) is 2.74. The summed E-state index contributed by atoms with van der Waals surface area (Å²) in [7, 11) is 3.74. The molecule has 30 heavy (non-hydrogen) atoms. The zero-order valence-electron chi connectivity index (χ0n) is 17.0. The van der Waals surface area contributed by atoms with E-state index < -0.39 is 0 Å². The summed E-state index contributed by atoms with van der Waals surface area (Å²) in [5, 5.41) is 3.77. The topological polar surface area (TPSA) is 59.5 Å². The number of aromatic nitrogens is 2. The van der Waals surface area contributed by atoms with Gasteiger partial charge in [-0.1, -0.05) is 22.4 Å². The summed E-state index contributed by atoms with van der Waals surface area (Å²) < 4.78 is 26.6. The molecule has 0 radical (unpaired) electrons. The molecule has 1 unspecified atom stereocenters. The van der Waals surface area contributed by atoms with E-state index in [4.69, 9.17) is 9.47 Å². The number of methoxy groups -OCH3 is 1. The molecule has 0 aliphatic carbocycles. The van der Waals surface area contributed by atoms with Crippen molar-refractivity contribution in [1.82, 2.24) is 14.9 Å². The van der Waals surface area contributed by atoms with Gasteiger partial charge in [-0.2, -0.15) is 0 Å². The number of nitrogens with zero attached hydrogens (tertiary/aromatic N) is 3. The van der Waals surface area contributed by atoms with Gasteiger partial charge in [0.1, 0.15) is 24.6 Å². The predicted octanol–water partition coefficient (Wildman–Crippen LogP) is 5.15. The molecule has 0 spiro atoms. The molecular weight excluding hydrogens is 451 g/mol. The molecule has 0 amide bonds. The van der Waals surface area contributed by atoms with Gasteiger partial charge in [0.15, 0.2) is 11.5 Å². The molecule has 1 fully saturated rings. The fourth-order valence-corrected chi connectivity index (χ4v) is 4.03. The van der Waals surface area contributed by atoms with Gasteiger partial charge >= 0.3 is 0 Å². The first kappa shape index (κ1) is 20.8. The van der Waals surface area contributed by atoms with Gasteiger partial charge in [0, 0.05) is 22.0 Å². The lowest BCUT2D eigenvalue weighted by molar-refractivity contribution is 0.123. The molecule has 3 aromatic rings. The third-order valence-electron chi connectivity index (χ3n) is 5.46. The predicted molar refractivity (Wildman–Crippen MR) is 119 cm³/mol. The van der Waals surface area contributed by atoms with Crippen LogP contribution in [0.3, 0.4) is 0 Å². The highest BCUT2D eigenvalue weighted by molar-refractivity contribution is 9.10. The van der Waals surface area contributed by atoms with Gasteiger partial charge in [-0.3, -0.25) is 0 Å². The number of piperidine rings is 1.